The molecule has 2 aromatic carbocycles. The maximum atomic E-state index is 12.4. The van der Waals surface area contributed by atoms with Gasteiger partial charge < -0.3 is 9.47 Å². The number of nitrogens with one attached hydrogen (secondary N) is 1. The molecule has 1 N–H and O–H groups in total. The topological polar surface area (TPSA) is 67.9 Å². The Balaban J connectivity index is 2.27. The van der Waals surface area contributed by atoms with E-state index in [1.165, 1.54) is 4.90 Å². The zero-order valence-electron chi connectivity index (χ0n) is 14.4. The van der Waals surface area contributed by atoms with Crippen molar-refractivity contribution in [3.8, 4) is 0 Å². The molecule has 0 atom stereocenters. The van der Waals surface area contributed by atoms with Crippen LogP contribution in [-0.2, 0) is 16.0 Å². The first-order valence-electron chi connectivity index (χ1n) is 8.16. The van der Waals surface area contributed by atoms with Gasteiger partial charge in [0.2, 0.25) is 0 Å². The van der Waals surface area contributed by atoms with Gasteiger partial charge in [-0.25, -0.2) is 9.59 Å². The van der Waals surface area contributed by atoms with Crippen LogP contribution in [0.4, 0.5) is 21.0 Å². The lowest BCUT2D eigenvalue weighted by molar-refractivity contribution is 0.159. The molecule has 25 heavy (non-hydrogen) atoms. The van der Waals surface area contributed by atoms with E-state index in [0.717, 1.165) is 5.56 Å². The number of hydrogen-bond acceptors (Lipinski definition) is 4. The number of ether oxygens (including phenoxy) is 2. The molecule has 0 saturated heterocycles. The molecule has 132 valence electrons. The fourth-order valence-electron chi connectivity index (χ4n) is 2.30. The summed E-state index contributed by atoms with van der Waals surface area (Å²) in [7, 11) is 0. The minimum absolute atomic E-state index is 0.255. The zero-order chi connectivity index (χ0) is 18.1. The lowest BCUT2D eigenvalue weighted by Gasteiger charge is -2.23. The van der Waals surface area contributed by atoms with Crippen molar-refractivity contribution in [3.63, 3.8) is 0 Å². The summed E-state index contributed by atoms with van der Waals surface area (Å²) in [5.41, 5.74) is 2.07. The molecule has 0 spiro atoms. The summed E-state index contributed by atoms with van der Waals surface area (Å²) in [6.07, 6.45) is -0.975. The number of nitrogens with zero attached hydrogens (tertiary/aromatic N) is 1. The number of carbonyl (C=O) groups excluding carboxylic acids is 2. The van der Waals surface area contributed by atoms with Gasteiger partial charge in [-0.3, -0.25) is 10.2 Å². The Bertz CT molecular complexity index is 704. The van der Waals surface area contributed by atoms with Gasteiger partial charge in [0.1, 0.15) is 0 Å². The van der Waals surface area contributed by atoms with E-state index in [0.29, 0.717) is 11.4 Å². The smallest absolute Gasteiger partial charge is 0.414 e. The van der Waals surface area contributed by atoms with Gasteiger partial charge in [-0.1, -0.05) is 36.4 Å². The summed E-state index contributed by atoms with van der Waals surface area (Å²) in [4.78, 5) is 25.6. The number of amides is 2. The molecule has 0 unspecified atom stereocenters. The van der Waals surface area contributed by atoms with Crippen LogP contribution in [0, 0.1) is 0 Å². The Hall–Kier alpha value is -3.02. The van der Waals surface area contributed by atoms with Crippen molar-refractivity contribution in [1.82, 2.24) is 0 Å². The third kappa shape index (κ3) is 5.24. The monoisotopic (exact) mass is 342 g/mol. The minimum Gasteiger partial charge on any atom is -0.450 e. The molecule has 2 amide bonds. The normalized spacial score (nSPS) is 10.0. The van der Waals surface area contributed by atoms with Crippen LogP contribution in [0.25, 0.3) is 0 Å². The second-order valence-corrected chi connectivity index (χ2v) is 5.12. The van der Waals surface area contributed by atoms with Gasteiger partial charge in [0.25, 0.3) is 0 Å². The van der Waals surface area contributed by atoms with E-state index >= 15 is 0 Å². The van der Waals surface area contributed by atoms with E-state index in [-0.39, 0.29) is 19.8 Å². The summed E-state index contributed by atoms with van der Waals surface area (Å²) in [5, 5.41) is 2.70. The predicted molar refractivity (Wildman–Crippen MR) is 96.7 cm³/mol. The lowest BCUT2D eigenvalue weighted by atomic mass is 10.1. The van der Waals surface area contributed by atoms with E-state index in [9.17, 15) is 9.59 Å². The molecule has 6 heteroatoms. The molecule has 0 fully saturated rings. The summed E-state index contributed by atoms with van der Waals surface area (Å²) < 4.78 is 10.1. The molecule has 0 heterocycles. The molecule has 0 saturated carbocycles. The Morgan fingerprint density at radius 2 is 1.56 bits per heavy atom. The number of hydrogen-bond donors (Lipinski definition) is 1. The van der Waals surface area contributed by atoms with Gasteiger partial charge in [0.15, 0.2) is 0 Å². The van der Waals surface area contributed by atoms with Gasteiger partial charge in [-0.05, 0) is 37.6 Å². The number of para-hydroxylation sites is 2. The number of anilines is 2. The highest BCUT2D eigenvalue weighted by Gasteiger charge is 2.19. The summed E-state index contributed by atoms with van der Waals surface area (Å²) in [5.74, 6) is 0. The van der Waals surface area contributed by atoms with Crippen molar-refractivity contribution in [2.24, 2.45) is 0 Å². The van der Waals surface area contributed by atoms with Crippen molar-refractivity contribution in [2.75, 3.05) is 23.4 Å². The van der Waals surface area contributed by atoms with Gasteiger partial charge in [0.05, 0.1) is 19.8 Å². The quantitative estimate of drug-likeness (QED) is 0.844. The fourth-order valence-corrected chi connectivity index (χ4v) is 2.30. The fraction of sp³-hybridized carbons (Fsp3) is 0.263. The van der Waals surface area contributed by atoms with Crippen molar-refractivity contribution < 1.29 is 19.1 Å². The maximum Gasteiger partial charge on any atom is 0.414 e. The van der Waals surface area contributed by atoms with Crippen molar-refractivity contribution in [1.29, 1.82) is 0 Å². The van der Waals surface area contributed by atoms with E-state index in [4.69, 9.17) is 9.47 Å². The molecule has 0 radical (unpaired) electrons. The average molecular weight is 342 g/mol. The highest BCUT2D eigenvalue weighted by Crippen LogP contribution is 2.22. The average Bonchev–Trinajstić information content (AvgIpc) is 2.62. The first kappa shape index (κ1) is 18.3. The largest absolute Gasteiger partial charge is 0.450 e. The molecule has 0 aliphatic carbocycles. The van der Waals surface area contributed by atoms with Crippen molar-refractivity contribution >= 4 is 23.6 Å². The molecular weight excluding hydrogens is 320 g/mol. The number of carbonyl (C=O) groups is 2. The summed E-state index contributed by atoms with van der Waals surface area (Å²) >= 11 is 0. The number of benzene rings is 2. The van der Waals surface area contributed by atoms with Crippen LogP contribution in [0.5, 0.6) is 0 Å². The Labute approximate surface area is 147 Å². The van der Waals surface area contributed by atoms with Crippen LogP contribution in [0.3, 0.4) is 0 Å². The first-order chi connectivity index (χ1) is 12.2. The SMILES string of the molecule is CCOC(=O)Nc1ccccc1CN(C(=O)OCC)c1ccccc1. The first-order valence-corrected chi connectivity index (χ1v) is 8.16. The number of rotatable bonds is 6. The molecule has 6 nitrogen and oxygen atoms in total. The lowest BCUT2D eigenvalue weighted by Crippen LogP contribution is -2.31. The molecule has 0 aliphatic heterocycles. The Morgan fingerprint density at radius 1 is 0.920 bits per heavy atom. The maximum absolute atomic E-state index is 12.4. The standard InChI is InChI=1S/C19H22N2O4/c1-3-24-18(22)20-17-13-9-8-10-15(17)14-21(19(23)25-4-2)16-11-6-5-7-12-16/h5-13H,3-4,14H2,1-2H3,(H,20,22). The van der Waals surface area contributed by atoms with Crippen LogP contribution < -0.4 is 10.2 Å². The molecule has 0 bridgehead atoms. The second kappa shape index (κ2) is 9.32. The summed E-state index contributed by atoms with van der Waals surface area (Å²) in [6, 6.07) is 16.5. The van der Waals surface area contributed by atoms with Crippen LogP contribution >= 0.6 is 0 Å². The molecular formula is C19H22N2O4. The highest BCUT2D eigenvalue weighted by molar-refractivity contribution is 5.89. The Morgan fingerprint density at radius 3 is 2.24 bits per heavy atom. The third-order valence-corrected chi connectivity index (χ3v) is 3.41. The van der Waals surface area contributed by atoms with Crippen molar-refractivity contribution in [2.45, 2.75) is 20.4 Å². The van der Waals surface area contributed by atoms with Gasteiger partial charge >= 0.3 is 12.2 Å². The van der Waals surface area contributed by atoms with Crippen LogP contribution in [0.2, 0.25) is 0 Å². The van der Waals surface area contributed by atoms with Gasteiger partial charge in [-0.15, -0.1) is 0 Å². The van der Waals surface area contributed by atoms with Gasteiger partial charge in [0, 0.05) is 11.4 Å². The third-order valence-electron chi connectivity index (χ3n) is 3.41. The van der Waals surface area contributed by atoms with Gasteiger partial charge in [-0.2, -0.15) is 0 Å². The molecule has 0 aliphatic rings. The summed E-state index contributed by atoms with van der Waals surface area (Å²) in [6.45, 7) is 4.32. The predicted octanol–water partition coefficient (Wildman–Crippen LogP) is 4.42. The Kier molecular flexibility index (Phi) is 6.83. The van der Waals surface area contributed by atoms with E-state index in [1.54, 1.807) is 19.9 Å². The molecule has 2 rings (SSSR count). The van der Waals surface area contributed by atoms with E-state index in [1.807, 2.05) is 48.5 Å². The highest BCUT2D eigenvalue weighted by atomic mass is 16.6. The second-order valence-electron chi connectivity index (χ2n) is 5.12. The van der Waals surface area contributed by atoms with Crippen LogP contribution in [-0.4, -0.2) is 25.4 Å². The van der Waals surface area contributed by atoms with E-state index in [2.05, 4.69) is 5.32 Å². The van der Waals surface area contributed by atoms with Crippen molar-refractivity contribution in [3.05, 3.63) is 60.2 Å². The van der Waals surface area contributed by atoms with E-state index < -0.39 is 12.2 Å². The van der Waals surface area contributed by atoms with Crippen LogP contribution in [0.1, 0.15) is 19.4 Å². The molecule has 2 aromatic rings. The zero-order valence-corrected chi connectivity index (χ0v) is 14.4. The minimum atomic E-state index is -0.530. The van der Waals surface area contributed by atoms with Crippen LogP contribution in [0.15, 0.2) is 54.6 Å². The molecule has 0 aromatic heterocycles.